The second-order valence-corrected chi connectivity index (χ2v) is 9.17. The molecule has 0 saturated carbocycles. The molecule has 1 aromatic heterocycles. The van der Waals surface area contributed by atoms with Crippen LogP contribution in [-0.2, 0) is 9.59 Å². The monoisotopic (exact) mass is 491 g/mol. The number of carbonyl (C=O) groups is 3. The second-order valence-electron chi connectivity index (χ2n) is 8.18. The summed E-state index contributed by atoms with van der Waals surface area (Å²) in [4.78, 5) is 43.2. The third-order valence-electron chi connectivity index (χ3n) is 5.95. The van der Waals surface area contributed by atoms with E-state index in [1.807, 2.05) is 30.3 Å². The highest BCUT2D eigenvalue weighted by Gasteiger charge is 2.37. The number of hydrogen-bond donors (Lipinski definition) is 0. The van der Waals surface area contributed by atoms with Gasteiger partial charge in [0.2, 0.25) is 5.91 Å². The van der Waals surface area contributed by atoms with Crippen molar-refractivity contribution in [3.8, 4) is 11.3 Å². The van der Waals surface area contributed by atoms with Crippen LogP contribution in [0.3, 0.4) is 0 Å². The quantitative estimate of drug-likeness (QED) is 0.491. The van der Waals surface area contributed by atoms with Crippen LogP contribution in [-0.4, -0.2) is 59.6 Å². The van der Waals surface area contributed by atoms with Crippen molar-refractivity contribution in [3.05, 3.63) is 83.2 Å². The van der Waals surface area contributed by atoms with E-state index >= 15 is 0 Å². The van der Waals surface area contributed by atoms with Crippen molar-refractivity contribution < 1.29 is 23.2 Å². The summed E-state index contributed by atoms with van der Waals surface area (Å²) in [5, 5.41) is -0.483. The van der Waals surface area contributed by atoms with Crippen molar-refractivity contribution in [1.82, 2.24) is 9.80 Å². The van der Waals surface area contributed by atoms with Gasteiger partial charge in [-0.25, -0.2) is 4.39 Å². The lowest BCUT2D eigenvalue weighted by Crippen LogP contribution is -2.51. The van der Waals surface area contributed by atoms with E-state index in [4.69, 9.17) is 4.42 Å². The molecule has 178 valence electrons. The molecule has 2 aliphatic heterocycles. The Balaban J connectivity index is 1.20. The lowest BCUT2D eigenvalue weighted by Gasteiger charge is -2.36. The Kier molecular flexibility index (Phi) is 6.41. The Morgan fingerprint density at radius 1 is 0.943 bits per heavy atom. The predicted molar refractivity (Wildman–Crippen MR) is 132 cm³/mol. The van der Waals surface area contributed by atoms with Crippen LogP contribution < -0.4 is 4.90 Å². The van der Waals surface area contributed by atoms with Crippen molar-refractivity contribution in [2.75, 3.05) is 37.6 Å². The summed E-state index contributed by atoms with van der Waals surface area (Å²) in [6.07, 6.45) is 1.49. The van der Waals surface area contributed by atoms with E-state index in [1.165, 1.54) is 18.2 Å². The number of amides is 3. The Morgan fingerprint density at radius 2 is 1.66 bits per heavy atom. The molecule has 2 fully saturated rings. The van der Waals surface area contributed by atoms with Gasteiger partial charge in [-0.2, -0.15) is 0 Å². The highest BCUT2D eigenvalue weighted by Crippen LogP contribution is 2.33. The molecule has 0 radical (unpaired) electrons. The van der Waals surface area contributed by atoms with Gasteiger partial charge in [0.25, 0.3) is 11.1 Å². The number of hydrogen-bond acceptors (Lipinski definition) is 6. The molecule has 3 aromatic rings. The third-order valence-corrected chi connectivity index (χ3v) is 6.86. The maximum absolute atomic E-state index is 13.1. The molecule has 0 N–H and O–H groups in total. The number of nitrogens with zero attached hydrogens (tertiary/aromatic N) is 3. The van der Waals surface area contributed by atoms with Gasteiger partial charge in [0, 0.05) is 43.5 Å². The number of furan rings is 1. The molecule has 7 nitrogen and oxygen atoms in total. The molecule has 2 aromatic carbocycles. The first-order valence-electron chi connectivity index (χ1n) is 11.2. The molecule has 0 bridgehead atoms. The zero-order chi connectivity index (χ0) is 24.4. The zero-order valence-electron chi connectivity index (χ0n) is 18.7. The Bertz CT molecular complexity index is 1280. The maximum atomic E-state index is 13.1. The van der Waals surface area contributed by atoms with Crippen LogP contribution in [0.5, 0.6) is 0 Å². The van der Waals surface area contributed by atoms with E-state index in [0.717, 1.165) is 22.3 Å². The minimum absolute atomic E-state index is 0.191. The lowest BCUT2D eigenvalue weighted by molar-refractivity contribution is -0.136. The Hall–Kier alpha value is -3.85. The van der Waals surface area contributed by atoms with Gasteiger partial charge < -0.3 is 14.2 Å². The summed E-state index contributed by atoms with van der Waals surface area (Å²) in [7, 11) is 0. The highest BCUT2D eigenvalue weighted by atomic mass is 32.2. The summed E-state index contributed by atoms with van der Waals surface area (Å²) in [6, 6.07) is 19.2. The highest BCUT2D eigenvalue weighted by molar-refractivity contribution is 8.18. The summed E-state index contributed by atoms with van der Waals surface area (Å²) < 4.78 is 18.9. The summed E-state index contributed by atoms with van der Waals surface area (Å²) in [5.74, 6) is -0.214. The van der Waals surface area contributed by atoms with Crippen molar-refractivity contribution >= 4 is 40.6 Å². The first-order valence-corrected chi connectivity index (χ1v) is 12.0. The molecule has 3 heterocycles. The van der Waals surface area contributed by atoms with Crippen molar-refractivity contribution in [3.63, 3.8) is 0 Å². The molecular formula is C26H22FN3O4S. The molecule has 0 spiro atoms. The molecule has 5 rings (SSSR count). The van der Waals surface area contributed by atoms with Crippen LogP contribution >= 0.6 is 11.8 Å². The molecule has 2 aliphatic rings. The second kappa shape index (κ2) is 9.79. The number of halogens is 1. The van der Waals surface area contributed by atoms with Gasteiger partial charge in [-0.05, 0) is 60.3 Å². The minimum Gasteiger partial charge on any atom is -0.457 e. The van der Waals surface area contributed by atoms with Crippen LogP contribution in [0.4, 0.5) is 14.9 Å². The van der Waals surface area contributed by atoms with Crippen LogP contribution in [0.15, 0.2) is 76.1 Å². The zero-order valence-corrected chi connectivity index (χ0v) is 19.5. The maximum Gasteiger partial charge on any atom is 0.294 e. The smallest absolute Gasteiger partial charge is 0.294 e. The van der Waals surface area contributed by atoms with E-state index in [2.05, 4.69) is 4.90 Å². The van der Waals surface area contributed by atoms with Gasteiger partial charge in [0.05, 0.1) is 4.91 Å². The minimum atomic E-state index is -0.518. The largest absolute Gasteiger partial charge is 0.457 e. The lowest BCUT2D eigenvalue weighted by atomic mass is 10.2. The van der Waals surface area contributed by atoms with E-state index in [9.17, 15) is 18.8 Å². The SMILES string of the molecule is O=C(CN1C(=O)SC(=Cc2ccc(-c3ccc(F)cc3)o2)C1=O)N1CCN(c2ccccc2)CC1. The molecule has 2 saturated heterocycles. The van der Waals surface area contributed by atoms with E-state index in [1.54, 1.807) is 29.2 Å². The van der Waals surface area contributed by atoms with Gasteiger partial charge in [0.15, 0.2) is 0 Å². The van der Waals surface area contributed by atoms with Gasteiger partial charge in [-0.1, -0.05) is 18.2 Å². The van der Waals surface area contributed by atoms with Gasteiger partial charge in [0.1, 0.15) is 23.9 Å². The number of benzene rings is 2. The first kappa shape index (κ1) is 22.9. The topological polar surface area (TPSA) is 74.1 Å². The van der Waals surface area contributed by atoms with E-state index in [0.29, 0.717) is 43.3 Å². The third kappa shape index (κ3) is 5.00. The number of para-hydroxylation sites is 1. The van der Waals surface area contributed by atoms with Gasteiger partial charge in [-0.3, -0.25) is 19.3 Å². The molecule has 0 unspecified atom stereocenters. The number of thioether (sulfide) groups is 1. The average Bonchev–Trinajstić information content (AvgIpc) is 3.45. The normalized spacial score (nSPS) is 17.5. The molecular weight excluding hydrogens is 469 g/mol. The van der Waals surface area contributed by atoms with Crippen LogP contribution in [0, 0.1) is 5.82 Å². The molecule has 0 atom stereocenters. The van der Waals surface area contributed by atoms with Crippen LogP contribution in [0.25, 0.3) is 17.4 Å². The fraction of sp³-hybridized carbons (Fsp3) is 0.192. The molecule has 0 aliphatic carbocycles. The predicted octanol–water partition coefficient (Wildman–Crippen LogP) is 4.47. The van der Waals surface area contributed by atoms with E-state index < -0.39 is 11.1 Å². The average molecular weight is 492 g/mol. The van der Waals surface area contributed by atoms with Gasteiger partial charge >= 0.3 is 0 Å². The first-order chi connectivity index (χ1) is 17.0. The number of rotatable bonds is 5. The van der Waals surface area contributed by atoms with Crippen molar-refractivity contribution in [2.45, 2.75) is 0 Å². The van der Waals surface area contributed by atoms with Crippen molar-refractivity contribution in [1.29, 1.82) is 0 Å². The summed E-state index contributed by atoms with van der Waals surface area (Å²) in [6.45, 7) is 2.14. The van der Waals surface area contributed by atoms with Crippen LogP contribution in [0.2, 0.25) is 0 Å². The number of anilines is 1. The molecule has 3 amide bonds. The molecule has 9 heteroatoms. The number of imide groups is 1. The summed E-state index contributed by atoms with van der Waals surface area (Å²) >= 11 is 0.780. The molecule has 35 heavy (non-hydrogen) atoms. The Labute approximate surface area is 205 Å². The van der Waals surface area contributed by atoms with Crippen LogP contribution in [0.1, 0.15) is 5.76 Å². The standard InChI is InChI=1S/C26H22FN3O4S/c27-19-8-6-18(7-9-19)22-11-10-21(34-22)16-23-25(32)30(26(33)35-23)17-24(31)29-14-12-28(13-15-29)20-4-2-1-3-5-20/h1-11,16H,12-15,17H2. The summed E-state index contributed by atoms with van der Waals surface area (Å²) in [5.41, 5.74) is 1.80. The Morgan fingerprint density at radius 3 is 2.37 bits per heavy atom. The van der Waals surface area contributed by atoms with Crippen molar-refractivity contribution in [2.24, 2.45) is 0 Å². The number of carbonyl (C=O) groups excluding carboxylic acids is 3. The van der Waals surface area contributed by atoms with Gasteiger partial charge in [-0.15, -0.1) is 0 Å². The van der Waals surface area contributed by atoms with E-state index in [-0.39, 0.29) is 23.2 Å². The fourth-order valence-corrected chi connectivity index (χ4v) is 4.87. The number of piperazine rings is 1. The fourth-order valence-electron chi connectivity index (χ4n) is 4.05.